The minimum atomic E-state index is -2.51. The van der Waals surface area contributed by atoms with Gasteiger partial charge in [-0.2, -0.15) is 0 Å². The van der Waals surface area contributed by atoms with Gasteiger partial charge in [0.1, 0.15) is 5.38 Å². The molecule has 0 heterocycles. The van der Waals surface area contributed by atoms with Gasteiger partial charge in [0, 0.05) is 0 Å². The average Bonchev–Trinajstić information content (AvgIpc) is 2.26. The lowest BCUT2D eigenvalue weighted by atomic mass is 10.0. The third-order valence-corrected chi connectivity index (χ3v) is 2.78. The Bertz CT molecular complexity index is 282. The number of rotatable bonds is 5. The molecule has 84 valence electrons. The minimum absolute atomic E-state index is 0.493. The Morgan fingerprint density at radius 2 is 1.80 bits per heavy atom. The number of hydrogen-bond donors (Lipinski definition) is 0. The Kier molecular flexibility index (Phi) is 5.03. The van der Waals surface area contributed by atoms with Crippen molar-refractivity contribution in [2.24, 2.45) is 0 Å². The Morgan fingerprint density at radius 3 is 2.27 bits per heavy atom. The molecule has 0 amide bonds. The first-order valence-electron chi connectivity index (χ1n) is 5.16. The van der Waals surface area contributed by atoms with E-state index in [-0.39, 0.29) is 0 Å². The zero-order valence-corrected chi connectivity index (χ0v) is 9.48. The summed E-state index contributed by atoms with van der Waals surface area (Å²) in [7, 11) is 0. The fourth-order valence-electron chi connectivity index (χ4n) is 1.39. The van der Waals surface area contributed by atoms with Gasteiger partial charge in [-0.05, 0) is 24.0 Å². The Hall–Kier alpha value is -0.630. The van der Waals surface area contributed by atoms with Gasteiger partial charge in [-0.25, -0.2) is 8.78 Å². The zero-order chi connectivity index (χ0) is 11.3. The molecule has 0 aliphatic rings. The first-order chi connectivity index (χ1) is 7.15. The Balaban J connectivity index is 2.63. The first kappa shape index (κ1) is 12.4. The van der Waals surface area contributed by atoms with E-state index in [0.29, 0.717) is 5.56 Å². The Morgan fingerprint density at radius 1 is 1.20 bits per heavy atom. The van der Waals surface area contributed by atoms with Crippen LogP contribution in [0.5, 0.6) is 0 Å². The van der Waals surface area contributed by atoms with Crippen LogP contribution in [0.25, 0.3) is 0 Å². The number of unbranched alkanes of at least 4 members (excludes halogenated alkanes) is 1. The highest BCUT2D eigenvalue weighted by Gasteiger charge is 2.18. The van der Waals surface area contributed by atoms with Crippen molar-refractivity contribution in [2.45, 2.75) is 38.0 Å². The molecule has 0 aliphatic carbocycles. The molecule has 1 rings (SSSR count). The number of benzene rings is 1. The van der Waals surface area contributed by atoms with Crippen molar-refractivity contribution in [2.75, 3.05) is 0 Å². The molecule has 0 nitrogen and oxygen atoms in total. The molecule has 0 aliphatic heterocycles. The second-order valence-corrected chi connectivity index (χ2v) is 4.05. The van der Waals surface area contributed by atoms with E-state index in [9.17, 15) is 8.78 Å². The van der Waals surface area contributed by atoms with E-state index in [1.165, 1.54) is 5.56 Å². The van der Waals surface area contributed by atoms with Gasteiger partial charge in [0.25, 0.3) is 6.43 Å². The summed E-state index contributed by atoms with van der Waals surface area (Å²) >= 11 is 5.55. The number of hydrogen-bond acceptors (Lipinski definition) is 0. The van der Waals surface area contributed by atoms with Gasteiger partial charge < -0.3 is 0 Å². The lowest BCUT2D eigenvalue weighted by Gasteiger charge is -2.09. The van der Waals surface area contributed by atoms with E-state index in [1.807, 2.05) is 12.1 Å². The van der Waals surface area contributed by atoms with Crippen LogP contribution in [0.3, 0.4) is 0 Å². The van der Waals surface area contributed by atoms with Crippen LogP contribution < -0.4 is 0 Å². The third-order valence-electron chi connectivity index (χ3n) is 2.34. The lowest BCUT2D eigenvalue weighted by Crippen LogP contribution is -2.01. The predicted octanol–water partition coefficient (Wildman–Crippen LogP) is 4.57. The second-order valence-electron chi connectivity index (χ2n) is 3.58. The van der Waals surface area contributed by atoms with E-state index in [2.05, 4.69) is 6.92 Å². The van der Waals surface area contributed by atoms with Gasteiger partial charge in [0.15, 0.2) is 0 Å². The first-order valence-corrected chi connectivity index (χ1v) is 5.60. The molecule has 0 saturated carbocycles. The summed E-state index contributed by atoms with van der Waals surface area (Å²) in [5, 5.41) is -1.19. The van der Waals surface area contributed by atoms with Gasteiger partial charge >= 0.3 is 0 Å². The molecule has 0 radical (unpaired) electrons. The molecule has 0 spiro atoms. The van der Waals surface area contributed by atoms with Crippen LogP contribution >= 0.6 is 11.6 Å². The van der Waals surface area contributed by atoms with Gasteiger partial charge in [0.05, 0.1) is 0 Å². The molecule has 0 N–H and O–H groups in total. The van der Waals surface area contributed by atoms with Crippen LogP contribution in [0.15, 0.2) is 24.3 Å². The third kappa shape index (κ3) is 3.78. The monoisotopic (exact) mass is 232 g/mol. The summed E-state index contributed by atoms with van der Waals surface area (Å²) in [4.78, 5) is 0. The fraction of sp³-hybridized carbons (Fsp3) is 0.500. The summed E-state index contributed by atoms with van der Waals surface area (Å²) in [6.45, 7) is 2.12. The van der Waals surface area contributed by atoms with Crippen LogP contribution in [-0.2, 0) is 6.42 Å². The summed E-state index contributed by atoms with van der Waals surface area (Å²) in [5.74, 6) is 0. The zero-order valence-electron chi connectivity index (χ0n) is 8.72. The van der Waals surface area contributed by atoms with Crippen molar-refractivity contribution < 1.29 is 8.78 Å². The summed E-state index contributed by atoms with van der Waals surface area (Å²) in [6, 6.07) is 7.13. The van der Waals surface area contributed by atoms with Crippen molar-refractivity contribution >= 4 is 11.6 Å². The van der Waals surface area contributed by atoms with E-state index in [1.54, 1.807) is 12.1 Å². The van der Waals surface area contributed by atoms with Crippen LogP contribution in [0, 0.1) is 0 Å². The van der Waals surface area contributed by atoms with E-state index < -0.39 is 11.8 Å². The highest BCUT2D eigenvalue weighted by Crippen LogP contribution is 2.27. The summed E-state index contributed by atoms with van der Waals surface area (Å²) in [6.07, 6.45) is 0.751. The fourth-order valence-corrected chi connectivity index (χ4v) is 1.54. The summed E-state index contributed by atoms with van der Waals surface area (Å²) in [5.41, 5.74) is 1.67. The standard InChI is InChI=1S/C12H15ClF2/c1-2-3-4-9-5-7-10(8-6-9)11(13)12(14)15/h5-8,11-12H,2-4H2,1H3. The average molecular weight is 233 g/mol. The molecular formula is C12H15ClF2. The highest BCUT2D eigenvalue weighted by molar-refractivity contribution is 6.21. The van der Waals surface area contributed by atoms with E-state index in [4.69, 9.17) is 11.6 Å². The minimum Gasteiger partial charge on any atom is -0.208 e. The molecule has 0 bridgehead atoms. The van der Waals surface area contributed by atoms with Crippen molar-refractivity contribution in [1.29, 1.82) is 0 Å². The molecule has 15 heavy (non-hydrogen) atoms. The Labute approximate surface area is 94.3 Å². The molecule has 3 heteroatoms. The van der Waals surface area contributed by atoms with Gasteiger partial charge in [-0.15, -0.1) is 11.6 Å². The molecule has 1 aromatic carbocycles. The summed E-state index contributed by atoms with van der Waals surface area (Å²) < 4.78 is 24.6. The maximum Gasteiger partial charge on any atom is 0.258 e. The topological polar surface area (TPSA) is 0 Å². The lowest BCUT2D eigenvalue weighted by molar-refractivity contribution is 0.143. The maximum atomic E-state index is 12.3. The van der Waals surface area contributed by atoms with E-state index in [0.717, 1.165) is 19.3 Å². The molecule has 0 fully saturated rings. The predicted molar refractivity (Wildman–Crippen MR) is 59.7 cm³/mol. The van der Waals surface area contributed by atoms with Gasteiger partial charge in [-0.1, -0.05) is 37.6 Å². The van der Waals surface area contributed by atoms with Crippen molar-refractivity contribution in [3.8, 4) is 0 Å². The quantitative estimate of drug-likeness (QED) is 0.652. The smallest absolute Gasteiger partial charge is 0.208 e. The van der Waals surface area contributed by atoms with Crippen LogP contribution in [-0.4, -0.2) is 6.43 Å². The number of aryl methyl sites for hydroxylation is 1. The van der Waals surface area contributed by atoms with Crippen molar-refractivity contribution in [3.05, 3.63) is 35.4 Å². The number of alkyl halides is 3. The molecular weight excluding hydrogens is 218 g/mol. The normalized spacial score (nSPS) is 13.1. The number of halogens is 3. The highest BCUT2D eigenvalue weighted by atomic mass is 35.5. The largest absolute Gasteiger partial charge is 0.258 e. The van der Waals surface area contributed by atoms with Crippen LogP contribution in [0.2, 0.25) is 0 Å². The molecule has 1 unspecified atom stereocenters. The SMILES string of the molecule is CCCCc1ccc(C(Cl)C(F)F)cc1. The molecule has 0 aromatic heterocycles. The molecule has 1 atom stereocenters. The molecule has 1 aromatic rings. The van der Waals surface area contributed by atoms with Crippen LogP contribution in [0.1, 0.15) is 36.3 Å². The van der Waals surface area contributed by atoms with Crippen molar-refractivity contribution in [3.63, 3.8) is 0 Å². The van der Waals surface area contributed by atoms with Gasteiger partial charge in [0.2, 0.25) is 0 Å². The molecule has 0 saturated heterocycles. The van der Waals surface area contributed by atoms with Gasteiger partial charge in [-0.3, -0.25) is 0 Å². The second kappa shape index (κ2) is 6.06. The van der Waals surface area contributed by atoms with E-state index >= 15 is 0 Å². The van der Waals surface area contributed by atoms with Crippen LogP contribution in [0.4, 0.5) is 8.78 Å². The van der Waals surface area contributed by atoms with Crippen molar-refractivity contribution in [1.82, 2.24) is 0 Å². The maximum absolute atomic E-state index is 12.3.